The lowest BCUT2D eigenvalue weighted by molar-refractivity contribution is 0.482. The predicted octanol–water partition coefficient (Wildman–Crippen LogP) is 6.36. The summed E-state index contributed by atoms with van der Waals surface area (Å²) in [6.45, 7) is 10.3. The van der Waals surface area contributed by atoms with Crippen LogP contribution >= 0.6 is 0 Å². The van der Waals surface area contributed by atoms with Gasteiger partial charge in [-0.25, -0.2) is 0 Å². The maximum Gasteiger partial charge on any atom is 0.294 e. The molecule has 0 spiro atoms. The monoisotopic (exact) mass is 398 g/mol. The molecule has 0 amide bonds. The third-order valence-electron chi connectivity index (χ3n) is 4.26. The van der Waals surface area contributed by atoms with Crippen LogP contribution in [0.3, 0.4) is 0 Å². The molecule has 0 bridgehead atoms. The highest BCUT2D eigenvalue weighted by Gasteiger charge is 2.10. The summed E-state index contributed by atoms with van der Waals surface area (Å²) in [5.74, 6) is 0.659. The first-order valence-corrected chi connectivity index (χ1v) is 10.7. The van der Waals surface area contributed by atoms with E-state index in [1.165, 1.54) is 22.8 Å². The molecule has 0 fully saturated rings. The summed E-state index contributed by atoms with van der Waals surface area (Å²) in [5, 5.41) is 0. The fraction of sp³-hybridized carbons (Fsp3) is 0.250. The van der Waals surface area contributed by atoms with Gasteiger partial charge >= 0.3 is 0 Å². The van der Waals surface area contributed by atoms with Crippen molar-refractivity contribution in [1.82, 2.24) is 0 Å². The van der Waals surface area contributed by atoms with Gasteiger partial charge in [0.05, 0.1) is 4.90 Å². The van der Waals surface area contributed by atoms with Crippen LogP contribution in [0.5, 0.6) is 0 Å². The van der Waals surface area contributed by atoms with Gasteiger partial charge in [0.2, 0.25) is 0 Å². The maximum absolute atomic E-state index is 10.6. The Bertz CT molecular complexity index is 925. The fourth-order valence-corrected chi connectivity index (χ4v) is 3.07. The third kappa shape index (κ3) is 8.51. The number of aryl methyl sites for hydroxylation is 3. The van der Waals surface area contributed by atoms with E-state index in [1.807, 2.05) is 6.07 Å². The quantitative estimate of drug-likeness (QED) is 0.511. The molecular weight excluding hydrogens is 368 g/mol. The normalized spacial score (nSPS) is 10.4. The standard InChI is InChI=1S/C9H12.C8H10.C7H8O3S/c1-8(2)9-6-4-3-5-7-9;1-7-5-3-4-6-8(7)2;1-6-4-2-3-5-7(6)11(8,9)10/h3-8H,1-2H3;3-6H,1-2H3;2-5H,1H3,(H,8,9,10). The van der Waals surface area contributed by atoms with Gasteiger partial charge < -0.3 is 0 Å². The van der Waals surface area contributed by atoms with Crippen molar-refractivity contribution in [1.29, 1.82) is 0 Å². The minimum atomic E-state index is -4.03. The zero-order valence-corrected chi connectivity index (χ0v) is 18.1. The smallest absolute Gasteiger partial charge is 0.282 e. The Kier molecular flexibility index (Phi) is 9.63. The highest BCUT2D eigenvalue weighted by atomic mass is 32.2. The number of benzene rings is 3. The number of rotatable bonds is 2. The SMILES string of the molecule is CC(C)c1ccccc1.Cc1ccccc1C.Cc1ccccc1S(=O)(=O)O. The Morgan fingerprint density at radius 3 is 1.32 bits per heavy atom. The van der Waals surface area contributed by atoms with E-state index in [0.717, 1.165) is 0 Å². The van der Waals surface area contributed by atoms with E-state index in [4.69, 9.17) is 4.55 Å². The van der Waals surface area contributed by atoms with Crippen molar-refractivity contribution in [2.24, 2.45) is 0 Å². The highest BCUT2D eigenvalue weighted by Crippen LogP contribution is 2.13. The molecule has 0 heterocycles. The summed E-state index contributed by atoms with van der Waals surface area (Å²) < 4.78 is 29.9. The molecule has 28 heavy (non-hydrogen) atoms. The summed E-state index contributed by atoms with van der Waals surface area (Å²) in [6.07, 6.45) is 0. The maximum atomic E-state index is 10.6. The van der Waals surface area contributed by atoms with Crippen LogP contribution in [0, 0.1) is 20.8 Å². The van der Waals surface area contributed by atoms with Crippen LogP contribution in [0.15, 0.2) is 83.8 Å². The van der Waals surface area contributed by atoms with E-state index in [1.54, 1.807) is 25.1 Å². The van der Waals surface area contributed by atoms with Crippen LogP contribution in [0.2, 0.25) is 0 Å². The molecule has 3 aromatic carbocycles. The second-order valence-electron chi connectivity index (χ2n) is 6.89. The Labute approximate surface area is 169 Å². The molecule has 150 valence electrons. The topological polar surface area (TPSA) is 54.4 Å². The van der Waals surface area contributed by atoms with Crippen LogP contribution in [0.25, 0.3) is 0 Å². The molecule has 0 aromatic heterocycles. The highest BCUT2D eigenvalue weighted by molar-refractivity contribution is 7.85. The molecule has 3 aromatic rings. The molecule has 4 heteroatoms. The Hall–Kier alpha value is -2.43. The van der Waals surface area contributed by atoms with Gasteiger partial charge in [-0.15, -0.1) is 0 Å². The van der Waals surface area contributed by atoms with Gasteiger partial charge in [-0.1, -0.05) is 86.6 Å². The van der Waals surface area contributed by atoms with Crippen molar-refractivity contribution in [2.75, 3.05) is 0 Å². The molecule has 0 aliphatic heterocycles. The van der Waals surface area contributed by atoms with Gasteiger partial charge in [-0.2, -0.15) is 8.42 Å². The summed E-state index contributed by atoms with van der Waals surface area (Å²) in [5.41, 5.74) is 4.70. The van der Waals surface area contributed by atoms with Crippen LogP contribution < -0.4 is 0 Å². The lowest BCUT2D eigenvalue weighted by Crippen LogP contribution is -1.99. The molecule has 0 unspecified atom stereocenters. The summed E-state index contributed by atoms with van der Waals surface area (Å²) >= 11 is 0. The van der Waals surface area contributed by atoms with Gasteiger partial charge in [0.25, 0.3) is 10.1 Å². The number of hydrogen-bond acceptors (Lipinski definition) is 2. The van der Waals surface area contributed by atoms with Crippen molar-refractivity contribution >= 4 is 10.1 Å². The average Bonchev–Trinajstić information content (AvgIpc) is 2.65. The minimum absolute atomic E-state index is 0.0278. The molecule has 1 N–H and O–H groups in total. The Morgan fingerprint density at radius 1 is 0.643 bits per heavy atom. The van der Waals surface area contributed by atoms with Gasteiger partial charge in [0.1, 0.15) is 0 Å². The van der Waals surface area contributed by atoms with Crippen LogP contribution in [-0.4, -0.2) is 13.0 Å². The fourth-order valence-electron chi connectivity index (χ4n) is 2.35. The zero-order valence-electron chi connectivity index (χ0n) is 17.3. The molecule has 3 rings (SSSR count). The van der Waals surface area contributed by atoms with Crippen molar-refractivity contribution in [3.8, 4) is 0 Å². The Morgan fingerprint density at radius 2 is 1.04 bits per heavy atom. The molecule has 0 atom stereocenters. The van der Waals surface area contributed by atoms with Gasteiger partial charge in [-0.05, 0) is 55.0 Å². The van der Waals surface area contributed by atoms with E-state index in [9.17, 15) is 8.42 Å². The summed E-state index contributed by atoms with van der Waals surface area (Å²) in [4.78, 5) is -0.0278. The van der Waals surface area contributed by atoms with Crippen molar-refractivity contribution in [3.05, 3.63) is 101 Å². The van der Waals surface area contributed by atoms with Gasteiger partial charge in [-0.3, -0.25) is 4.55 Å². The first-order valence-electron chi connectivity index (χ1n) is 9.23. The first-order chi connectivity index (χ1) is 13.1. The molecule has 0 radical (unpaired) electrons. The molecule has 0 aliphatic carbocycles. The predicted molar refractivity (Wildman–Crippen MR) is 117 cm³/mol. The lowest BCUT2D eigenvalue weighted by Gasteiger charge is -2.01. The third-order valence-corrected chi connectivity index (χ3v) is 5.28. The summed E-state index contributed by atoms with van der Waals surface area (Å²) in [7, 11) is -4.03. The van der Waals surface area contributed by atoms with E-state index in [0.29, 0.717) is 11.5 Å². The molecular formula is C24H30O3S. The van der Waals surface area contributed by atoms with E-state index >= 15 is 0 Å². The Balaban J connectivity index is 0.000000213. The first kappa shape index (κ1) is 23.6. The van der Waals surface area contributed by atoms with Crippen LogP contribution in [0.4, 0.5) is 0 Å². The second-order valence-corrected chi connectivity index (χ2v) is 8.28. The molecule has 3 nitrogen and oxygen atoms in total. The second kappa shape index (κ2) is 11.4. The van der Waals surface area contributed by atoms with Crippen LogP contribution in [-0.2, 0) is 10.1 Å². The van der Waals surface area contributed by atoms with Crippen molar-refractivity contribution in [2.45, 2.75) is 45.4 Å². The average molecular weight is 399 g/mol. The molecule has 0 aliphatic rings. The molecule has 0 saturated heterocycles. The molecule has 0 saturated carbocycles. The van der Waals surface area contributed by atoms with Gasteiger partial charge in [0.15, 0.2) is 0 Å². The lowest BCUT2D eigenvalue weighted by atomic mass is 10.0. The zero-order chi connectivity index (χ0) is 21.2. The van der Waals surface area contributed by atoms with E-state index in [2.05, 4.69) is 76.2 Å². The summed E-state index contributed by atoms with van der Waals surface area (Å²) in [6, 6.07) is 25.1. The minimum Gasteiger partial charge on any atom is -0.282 e. The van der Waals surface area contributed by atoms with Crippen molar-refractivity contribution in [3.63, 3.8) is 0 Å². The van der Waals surface area contributed by atoms with Gasteiger partial charge in [0, 0.05) is 0 Å². The van der Waals surface area contributed by atoms with E-state index < -0.39 is 10.1 Å². The largest absolute Gasteiger partial charge is 0.294 e. The van der Waals surface area contributed by atoms with Crippen molar-refractivity contribution < 1.29 is 13.0 Å². The van der Waals surface area contributed by atoms with E-state index in [-0.39, 0.29) is 4.90 Å². The van der Waals surface area contributed by atoms with Crippen LogP contribution in [0.1, 0.15) is 42.0 Å². The number of hydrogen-bond donors (Lipinski definition) is 1.